The maximum absolute atomic E-state index is 11.4. The molecule has 4 rings (SSSR count). The third-order valence-electron chi connectivity index (χ3n) is 4.32. The van der Waals surface area contributed by atoms with Crippen molar-refractivity contribution >= 4 is 68.2 Å². The molecule has 0 spiro atoms. The molecular weight excluding hydrogens is 491 g/mol. The summed E-state index contributed by atoms with van der Waals surface area (Å²) in [6.07, 6.45) is 2.30. The van der Waals surface area contributed by atoms with Gasteiger partial charge in [0, 0.05) is 17.4 Å². The molecule has 0 saturated carbocycles. The quantitative estimate of drug-likeness (QED) is 0.383. The lowest BCUT2D eigenvalue weighted by Crippen LogP contribution is -2.11. The summed E-state index contributed by atoms with van der Waals surface area (Å²) in [4.78, 5) is 24.2. The van der Waals surface area contributed by atoms with E-state index in [4.69, 9.17) is 5.73 Å². The number of nitrogens with two attached hydrogens (primary N) is 1. The topological polar surface area (TPSA) is 112 Å². The maximum atomic E-state index is 11.4. The van der Waals surface area contributed by atoms with E-state index < -0.39 is 5.97 Å². The Hall–Kier alpha value is -2.34. The van der Waals surface area contributed by atoms with E-state index >= 15 is 0 Å². The van der Waals surface area contributed by atoms with Gasteiger partial charge in [-0.1, -0.05) is 25.1 Å². The fourth-order valence-corrected chi connectivity index (χ4v) is 5.31. The van der Waals surface area contributed by atoms with Crippen LogP contribution in [0.4, 0.5) is 5.82 Å². The highest BCUT2D eigenvalue weighted by atomic mass is 127. The predicted octanol–water partition coefficient (Wildman–Crippen LogP) is 3.61. The number of aryl methyl sites for hydroxylation is 1. The Balaban J connectivity index is 1.91. The van der Waals surface area contributed by atoms with Crippen molar-refractivity contribution < 1.29 is 9.90 Å². The minimum absolute atomic E-state index is 0.236. The number of aromatic nitrogens is 5. The third-order valence-corrected chi connectivity index (χ3v) is 6.89. The molecule has 3 heterocycles. The van der Waals surface area contributed by atoms with E-state index in [0.29, 0.717) is 16.3 Å². The van der Waals surface area contributed by atoms with E-state index in [1.807, 2.05) is 12.1 Å². The van der Waals surface area contributed by atoms with Crippen LogP contribution >= 0.6 is 34.4 Å². The van der Waals surface area contributed by atoms with E-state index in [-0.39, 0.29) is 12.4 Å². The second kappa shape index (κ2) is 7.59. The first-order chi connectivity index (χ1) is 13.5. The lowest BCUT2D eigenvalue weighted by atomic mass is 10.2. The van der Waals surface area contributed by atoms with Gasteiger partial charge in [0.05, 0.1) is 8.60 Å². The molecule has 0 aliphatic heterocycles. The van der Waals surface area contributed by atoms with Gasteiger partial charge in [0.25, 0.3) is 0 Å². The number of fused-ring (bicyclic) bond motifs is 2. The van der Waals surface area contributed by atoms with Gasteiger partial charge in [0.2, 0.25) is 0 Å². The molecule has 0 aliphatic rings. The number of anilines is 1. The number of carboxylic acids is 1. The molecule has 3 N–H and O–H groups in total. The van der Waals surface area contributed by atoms with Crippen LogP contribution in [0, 0.1) is 3.57 Å². The van der Waals surface area contributed by atoms with Gasteiger partial charge in [0.1, 0.15) is 12.9 Å². The van der Waals surface area contributed by atoms with Gasteiger partial charge in [0.15, 0.2) is 22.1 Å². The molecule has 0 saturated heterocycles. The van der Waals surface area contributed by atoms with E-state index in [1.165, 1.54) is 23.5 Å². The zero-order valence-electron chi connectivity index (χ0n) is 15.0. The van der Waals surface area contributed by atoms with Gasteiger partial charge >= 0.3 is 5.97 Å². The summed E-state index contributed by atoms with van der Waals surface area (Å²) < 4.78 is 4.94. The predicted molar refractivity (Wildman–Crippen MR) is 116 cm³/mol. The molecule has 3 aromatic heterocycles. The van der Waals surface area contributed by atoms with Gasteiger partial charge in [-0.2, -0.15) is 0 Å². The third kappa shape index (κ3) is 3.20. The summed E-state index contributed by atoms with van der Waals surface area (Å²) >= 11 is 3.77. The SMILES string of the molecule is CCCn1c(Sc2nc3c(N)ncnc3n2CC(=O)O)c(I)c2ccccc21. The summed E-state index contributed by atoms with van der Waals surface area (Å²) in [6.45, 7) is 2.73. The fourth-order valence-electron chi connectivity index (χ4n) is 3.16. The summed E-state index contributed by atoms with van der Waals surface area (Å²) in [7, 11) is 0. The van der Waals surface area contributed by atoms with E-state index in [0.717, 1.165) is 27.1 Å². The number of carboxylic acid groups (broad SMARTS) is 1. The number of hydrogen-bond donors (Lipinski definition) is 2. The van der Waals surface area contributed by atoms with Crippen molar-refractivity contribution in [3.05, 3.63) is 34.2 Å². The van der Waals surface area contributed by atoms with E-state index in [1.54, 1.807) is 4.57 Å². The molecular formula is C18H17IN6O2S. The molecule has 0 amide bonds. The largest absolute Gasteiger partial charge is 0.480 e. The number of aliphatic carboxylic acids is 1. The number of benzene rings is 1. The maximum Gasteiger partial charge on any atom is 0.323 e. The van der Waals surface area contributed by atoms with Crippen molar-refractivity contribution in [3.63, 3.8) is 0 Å². The number of nitrogens with zero attached hydrogens (tertiary/aromatic N) is 5. The monoisotopic (exact) mass is 508 g/mol. The molecule has 0 fully saturated rings. The van der Waals surface area contributed by atoms with Gasteiger partial charge in [-0.15, -0.1) is 0 Å². The Labute approximate surface area is 178 Å². The number of hydrogen-bond acceptors (Lipinski definition) is 6. The summed E-state index contributed by atoms with van der Waals surface area (Å²) in [5.41, 5.74) is 7.93. The van der Waals surface area contributed by atoms with Crippen LogP contribution in [0.1, 0.15) is 13.3 Å². The van der Waals surface area contributed by atoms with Crippen LogP contribution in [0.2, 0.25) is 0 Å². The molecule has 0 atom stereocenters. The van der Waals surface area contributed by atoms with Crippen LogP contribution in [0.3, 0.4) is 0 Å². The number of carbonyl (C=O) groups is 1. The van der Waals surface area contributed by atoms with Gasteiger partial charge in [-0.05, 0) is 46.8 Å². The number of para-hydroxylation sites is 1. The van der Waals surface area contributed by atoms with Crippen molar-refractivity contribution in [2.24, 2.45) is 0 Å². The molecule has 0 radical (unpaired) electrons. The molecule has 0 bridgehead atoms. The van der Waals surface area contributed by atoms with Crippen LogP contribution in [-0.2, 0) is 17.9 Å². The van der Waals surface area contributed by atoms with E-state index in [2.05, 4.69) is 61.2 Å². The molecule has 0 aliphatic carbocycles. The van der Waals surface area contributed by atoms with Gasteiger partial charge < -0.3 is 15.4 Å². The number of halogens is 1. The molecule has 28 heavy (non-hydrogen) atoms. The Morgan fingerprint density at radius 1 is 1.29 bits per heavy atom. The number of imidazole rings is 1. The van der Waals surface area contributed by atoms with Crippen LogP contribution in [0.5, 0.6) is 0 Å². The molecule has 144 valence electrons. The molecule has 4 aromatic rings. The molecule has 8 nitrogen and oxygen atoms in total. The van der Waals surface area contributed by atoms with Crippen molar-refractivity contribution in [3.8, 4) is 0 Å². The van der Waals surface area contributed by atoms with Crippen molar-refractivity contribution in [1.82, 2.24) is 24.1 Å². The fraction of sp³-hybridized carbons (Fsp3) is 0.222. The lowest BCUT2D eigenvalue weighted by molar-refractivity contribution is -0.137. The highest BCUT2D eigenvalue weighted by molar-refractivity contribution is 14.1. The zero-order chi connectivity index (χ0) is 19.8. The Kier molecular flexibility index (Phi) is 5.15. The molecule has 1 aromatic carbocycles. The van der Waals surface area contributed by atoms with Crippen molar-refractivity contribution in [2.45, 2.75) is 36.6 Å². The standard InChI is InChI=1S/C18H17IN6O2S/c1-2-7-24-11-6-4-3-5-10(11)13(19)17(24)28-18-23-14-15(20)21-9-22-16(14)25(18)8-12(26)27/h3-6,9H,2,7-8H2,1H3,(H,26,27)(H2,20,21,22). The Bertz CT molecular complexity index is 1200. The zero-order valence-corrected chi connectivity index (χ0v) is 17.9. The smallest absolute Gasteiger partial charge is 0.323 e. The Morgan fingerprint density at radius 2 is 2.07 bits per heavy atom. The summed E-state index contributed by atoms with van der Waals surface area (Å²) in [5, 5.41) is 12.1. The summed E-state index contributed by atoms with van der Waals surface area (Å²) in [5.74, 6) is -0.734. The number of rotatable bonds is 6. The first-order valence-electron chi connectivity index (χ1n) is 8.64. The average molecular weight is 508 g/mol. The van der Waals surface area contributed by atoms with Crippen LogP contribution < -0.4 is 5.73 Å². The van der Waals surface area contributed by atoms with E-state index in [9.17, 15) is 9.90 Å². The average Bonchev–Trinajstić information content (AvgIpc) is 3.14. The summed E-state index contributed by atoms with van der Waals surface area (Å²) in [6, 6.07) is 8.23. The molecule has 10 heteroatoms. The first kappa shape index (κ1) is 19.0. The van der Waals surface area contributed by atoms with Crippen molar-refractivity contribution in [1.29, 1.82) is 0 Å². The minimum Gasteiger partial charge on any atom is -0.480 e. The van der Waals surface area contributed by atoms with Gasteiger partial charge in [-0.25, -0.2) is 15.0 Å². The normalized spacial score (nSPS) is 11.5. The van der Waals surface area contributed by atoms with Crippen molar-refractivity contribution in [2.75, 3.05) is 5.73 Å². The lowest BCUT2D eigenvalue weighted by Gasteiger charge is -2.10. The molecule has 0 unspecified atom stereocenters. The Morgan fingerprint density at radius 3 is 2.82 bits per heavy atom. The van der Waals surface area contributed by atoms with Crippen LogP contribution in [0.25, 0.3) is 22.1 Å². The highest BCUT2D eigenvalue weighted by Crippen LogP contribution is 2.39. The second-order valence-electron chi connectivity index (χ2n) is 6.20. The minimum atomic E-state index is -0.970. The first-order valence-corrected chi connectivity index (χ1v) is 10.5. The van der Waals surface area contributed by atoms with Crippen LogP contribution in [-0.4, -0.2) is 35.2 Å². The highest BCUT2D eigenvalue weighted by Gasteiger charge is 2.22. The van der Waals surface area contributed by atoms with Crippen LogP contribution in [0.15, 0.2) is 40.8 Å². The second-order valence-corrected chi connectivity index (χ2v) is 8.23. The van der Waals surface area contributed by atoms with Gasteiger partial charge in [-0.3, -0.25) is 9.36 Å². The number of nitrogen functional groups attached to an aromatic ring is 1.